The number of thioether (sulfide) groups is 1. The van der Waals surface area contributed by atoms with Gasteiger partial charge in [0.1, 0.15) is 28.8 Å². The van der Waals surface area contributed by atoms with Gasteiger partial charge in [-0.15, -0.1) is 11.8 Å². The lowest BCUT2D eigenvalue weighted by Crippen LogP contribution is -2.71. The molecule has 2 aliphatic heterocycles. The van der Waals surface area contributed by atoms with Crippen LogP contribution in [0.1, 0.15) is 69.4 Å². The Kier molecular flexibility index (Phi) is 11.1. The van der Waals surface area contributed by atoms with Crippen molar-refractivity contribution in [2.45, 2.75) is 69.7 Å². The van der Waals surface area contributed by atoms with E-state index in [0.717, 1.165) is 24.0 Å². The highest BCUT2D eigenvalue weighted by Gasteiger charge is 2.55. The summed E-state index contributed by atoms with van der Waals surface area (Å²) in [5.41, 5.74) is 1.33. The monoisotopic (exact) mass is 671 g/mol. The Morgan fingerprint density at radius 2 is 1.46 bits per heavy atom. The minimum atomic E-state index is -1.12. The first-order chi connectivity index (χ1) is 23.1. The molecule has 0 aromatic heterocycles. The maximum atomic E-state index is 14.1. The third kappa shape index (κ3) is 8.20. The molecule has 48 heavy (non-hydrogen) atoms. The maximum absolute atomic E-state index is 14.1. The van der Waals surface area contributed by atoms with Gasteiger partial charge in [-0.1, -0.05) is 104 Å². The number of β-lactam (4-membered cyclic amide) rings is 1. The molecule has 2 heterocycles. The molecule has 0 bridgehead atoms. The fraction of sp³-hybridized carbons (Fsp3) is 0.351. The quantitative estimate of drug-likeness (QED) is 0.136. The molecule has 3 atom stereocenters. The van der Waals surface area contributed by atoms with Crippen LogP contribution in [0.15, 0.2) is 102 Å². The summed E-state index contributed by atoms with van der Waals surface area (Å²) in [6.45, 7) is 7.60. The smallest absolute Gasteiger partial charge is 0.408 e. The molecule has 0 unspecified atom stereocenters. The zero-order chi connectivity index (χ0) is 34.3. The molecule has 5 rings (SSSR count). The summed E-state index contributed by atoms with van der Waals surface area (Å²) < 4.78 is 17.6. The van der Waals surface area contributed by atoms with E-state index in [9.17, 15) is 19.2 Å². The molecule has 3 aromatic rings. The summed E-state index contributed by atoms with van der Waals surface area (Å²) in [5, 5.41) is 4.86. The average molecular weight is 672 g/mol. The van der Waals surface area contributed by atoms with E-state index in [0.29, 0.717) is 23.7 Å². The van der Waals surface area contributed by atoms with Crippen molar-refractivity contribution >= 4 is 35.6 Å². The van der Waals surface area contributed by atoms with Crippen LogP contribution in [-0.2, 0) is 28.6 Å². The molecule has 252 valence electrons. The van der Waals surface area contributed by atoms with Gasteiger partial charge in [0.25, 0.3) is 5.91 Å². The van der Waals surface area contributed by atoms with E-state index >= 15 is 0 Å². The van der Waals surface area contributed by atoms with Gasteiger partial charge in [0.2, 0.25) is 5.91 Å². The molecule has 3 aromatic carbocycles. The number of benzene rings is 3. The van der Waals surface area contributed by atoms with E-state index in [1.807, 2.05) is 67.6 Å². The summed E-state index contributed by atoms with van der Waals surface area (Å²) in [6, 6.07) is 25.4. The van der Waals surface area contributed by atoms with Gasteiger partial charge in [-0.05, 0) is 43.9 Å². The molecule has 10 nitrogen and oxygen atoms in total. The maximum Gasteiger partial charge on any atom is 0.408 e. The summed E-state index contributed by atoms with van der Waals surface area (Å²) in [6.07, 6.45) is 0.168. The van der Waals surface area contributed by atoms with E-state index < -0.39 is 53.0 Å². The van der Waals surface area contributed by atoms with E-state index in [1.165, 1.54) is 16.7 Å². The summed E-state index contributed by atoms with van der Waals surface area (Å²) >= 11 is 1.38. The number of ether oxygens (including phenoxy) is 3. The number of alkyl carbamates (subject to hydrolysis) is 1. The SMILES string of the molecule is CCCCOC1=C(C(=O)OC(c2ccccc2)c2ccccc2)N2C(=O)[C@@H](NC(=O)[C@H](NC(=O)OC(C)(C)C)c3ccccc3)[C@H]2SC1. The Morgan fingerprint density at radius 1 is 0.896 bits per heavy atom. The van der Waals surface area contributed by atoms with Gasteiger partial charge in [0, 0.05) is 0 Å². The molecule has 3 amide bonds. The van der Waals surface area contributed by atoms with Crippen molar-refractivity contribution in [3.63, 3.8) is 0 Å². The van der Waals surface area contributed by atoms with Gasteiger partial charge < -0.3 is 24.8 Å². The van der Waals surface area contributed by atoms with Crippen molar-refractivity contribution in [2.24, 2.45) is 0 Å². The molecule has 1 saturated heterocycles. The summed E-state index contributed by atoms with van der Waals surface area (Å²) in [4.78, 5) is 55.6. The Morgan fingerprint density at radius 3 is 2.00 bits per heavy atom. The lowest BCUT2D eigenvalue weighted by Gasteiger charge is -2.49. The van der Waals surface area contributed by atoms with Gasteiger partial charge in [-0.2, -0.15) is 0 Å². The largest absolute Gasteiger partial charge is 0.495 e. The van der Waals surface area contributed by atoms with Crippen molar-refractivity contribution in [1.82, 2.24) is 15.5 Å². The first-order valence-corrected chi connectivity index (χ1v) is 17.1. The van der Waals surface area contributed by atoms with Crippen LogP contribution in [0.25, 0.3) is 0 Å². The minimum absolute atomic E-state index is 0.0358. The fourth-order valence-corrected chi connectivity index (χ4v) is 6.66. The van der Waals surface area contributed by atoms with Crippen LogP contribution in [0, 0.1) is 0 Å². The van der Waals surface area contributed by atoms with Crippen LogP contribution in [0.4, 0.5) is 4.79 Å². The van der Waals surface area contributed by atoms with Crippen LogP contribution < -0.4 is 10.6 Å². The first-order valence-electron chi connectivity index (χ1n) is 16.0. The average Bonchev–Trinajstić information content (AvgIpc) is 3.08. The van der Waals surface area contributed by atoms with Crippen molar-refractivity contribution < 1.29 is 33.4 Å². The lowest BCUT2D eigenvalue weighted by atomic mass is 10.0. The number of fused-ring (bicyclic) bond motifs is 1. The molecule has 11 heteroatoms. The third-order valence-corrected chi connectivity index (χ3v) is 8.94. The highest BCUT2D eigenvalue weighted by atomic mass is 32.2. The minimum Gasteiger partial charge on any atom is -0.495 e. The second-order valence-electron chi connectivity index (χ2n) is 12.5. The van der Waals surface area contributed by atoms with E-state index in [1.54, 1.807) is 51.1 Å². The van der Waals surface area contributed by atoms with Gasteiger partial charge in [0.05, 0.1) is 12.4 Å². The highest BCUT2D eigenvalue weighted by molar-refractivity contribution is 8.00. The molecule has 2 N–H and O–H groups in total. The molecule has 1 fully saturated rings. The van der Waals surface area contributed by atoms with Crippen molar-refractivity contribution in [3.05, 3.63) is 119 Å². The van der Waals surface area contributed by atoms with Gasteiger partial charge in [-0.3, -0.25) is 14.5 Å². The van der Waals surface area contributed by atoms with E-state index in [4.69, 9.17) is 14.2 Å². The lowest BCUT2D eigenvalue weighted by molar-refractivity contribution is -0.155. The zero-order valence-corrected chi connectivity index (χ0v) is 28.3. The predicted octanol–water partition coefficient (Wildman–Crippen LogP) is 6.01. The van der Waals surface area contributed by atoms with Crippen LogP contribution >= 0.6 is 11.8 Å². The molecule has 0 saturated carbocycles. The predicted molar refractivity (Wildman–Crippen MR) is 182 cm³/mol. The summed E-state index contributed by atoms with van der Waals surface area (Å²) in [7, 11) is 0. The van der Waals surface area contributed by atoms with Gasteiger partial charge in [0.15, 0.2) is 11.8 Å². The number of unbranched alkanes of at least 4 members (excludes halogenated alkanes) is 1. The topological polar surface area (TPSA) is 123 Å². The Hall–Kier alpha value is -4.77. The van der Waals surface area contributed by atoms with Crippen LogP contribution in [0.5, 0.6) is 0 Å². The summed E-state index contributed by atoms with van der Waals surface area (Å²) in [5.74, 6) is -1.10. The molecule has 0 radical (unpaired) electrons. The highest BCUT2D eigenvalue weighted by Crippen LogP contribution is 2.42. The number of nitrogens with zero attached hydrogens (tertiary/aromatic N) is 1. The zero-order valence-electron chi connectivity index (χ0n) is 27.5. The number of nitrogens with one attached hydrogen (secondary N) is 2. The molecule has 0 spiro atoms. The van der Waals surface area contributed by atoms with Gasteiger partial charge in [-0.25, -0.2) is 9.59 Å². The molecule has 0 aliphatic carbocycles. The fourth-order valence-electron chi connectivity index (χ4n) is 5.39. The van der Waals surface area contributed by atoms with Crippen LogP contribution in [0.2, 0.25) is 0 Å². The van der Waals surface area contributed by atoms with E-state index in [2.05, 4.69) is 10.6 Å². The van der Waals surface area contributed by atoms with Crippen LogP contribution in [0.3, 0.4) is 0 Å². The second-order valence-corrected chi connectivity index (χ2v) is 13.6. The van der Waals surface area contributed by atoms with Crippen molar-refractivity contribution in [1.29, 1.82) is 0 Å². The van der Waals surface area contributed by atoms with Crippen LogP contribution in [-0.4, -0.2) is 58.2 Å². The number of hydrogen-bond acceptors (Lipinski definition) is 8. The Balaban J connectivity index is 1.38. The number of carbonyl (C=O) groups excluding carboxylic acids is 4. The van der Waals surface area contributed by atoms with E-state index in [-0.39, 0.29) is 5.70 Å². The number of amides is 3. The normalized spacial score (nSPS) is 17.9. The first kappa shape index (κ1) is 34.6. The molecule has 2 aliphatic rings. The van der Waals surface area contributed by atoms with Crippen molar-refractivity contribution in [3.8, 4) is 0 Å². The van der Waals surface area contributed by atoms with Crippen molar-refractivity contribution in [2.75, 3.05) is 12.4 Å². The third-order valence-electron chi connectivity index (χ3n) is 7.68. The number of esters is 1. The number of rotatable bonds is 12. The Labute approximate surface area is 285 Å². The number of hydrogen-bond donors (Lipinski definition) is 2. The second kappa shape index (κ2) is 15.4. The van der Waals surface area contributed by atoms with Gasteiger partial charge >= 0.3 is 12.1 Å². The standard InChI is InChI=1S/C37H41N3O7S/c1-5-6-22-45-27-23-48-34-29(38-32(41)28(24-16-10-7-11-17-24)39-36(44)47-37(2,3)4)33(42)40(34)30(27)35(43)46-31(25-18-12-8-13-19-25)26-20-14-9-15-21-26/h7-21,28-29,31,34H,5-6,22-23H2,1-4H3,(H,38,41)(H,39,44)/t28-,29-,34-/m1/s1. The molecular weight excluding hydrogens is 630 g/mol. The number of carbonyl (C=O) groups is 4. The Bertz CT molecular complexity index is 1590. The molecular formula is C37H41N3O7S.